The predicted molar refractivity (Wildman–Crippen MR) is 71.2 cm³/mol. The fourth-order valence-corrected chi connectivity index (χ4v) is 1.80. The van der Waals surface area contributed by atoms with Crippen molar-refractivity contribution in [2.75, 3.05) is 26.7 Å². The maximum Gasteiger partial charge on any atom is 0.339 e. The zero-order valence-corrected chi connectivity index (χ0v) is 11.2. The molecule has 0 unspecified atom stereocenters. The minimum absolute atomic E-state index is 0.212. The molecule has 1 N–H and O–H groups in total. The van der Waals surface area contributed by atoms with Gasteiger partial charge in [0.25, 0.3) is 0 Å². The van der Waals surface area contributed by atoms with E-state index in [-0.39, 0.29) is 5.56 Å². The third-order valence-corrected chi connectivity index (χ3v) is 2.52. The van der Waals surface area contributed by atoms with Gasteiger partial charge in [0, 0.05) is 13.1 Å². The number of aromatic carboxylic acids is 1. The normalized spacial score (nSPS) is 10.9. The molecule has 0 aliphatic heterocycles. The van der Waals surface area contributed by atoms with Crippen LogP contribution in [-0.2, 0) is 0 Å². The molecule has 0 spiro atoms. The van der Waals surface area contributed by atoms with E-state index in [2.05, 4.69) is 18.7 Å². The van der Waals surface area contributed by atoms with Crippen LogP contribution in [0.3, 0.4) is 0 Å². The van der Waals surface area contributed by atoms with Gasteiger partial charge in [0.1, 0.15) is 17.9 Å². The fraction of sp³-hybridized carbons (Fsp3) is 0.500. The van der Waals surface area contributed by atoms with Gasteiger partial charge in [-0.1, -0.05) is 26.0 Å². The summed E-state index contributed by atoms with van der Waals surface area (Å²) in [6.45, 7) is 6.61. The predicted octanol–water partition coefficient (Wildman–Crippen LogP) is 2.35. The van der Waals surface area contributed by atoms with Crippen molar-refractivity contribution in [3.63, 3.8) is 0 Å². The first-order chi connectivity index (χ1) is 8.50. The average Bonchev–Trinajstić information content (AvgIpc) is 2.28. The minimum atomic E-state index is -0.957. The maximum atomic E-state index is 11.0. The number of carboxylic acid groups (broad SMARTS) is 1. The Hall–Kier alpha value is -1.55. The molecular weight excluding hydrogens is 230 g/mol. The Kier molecular flexibility index (Phi) is 5.65. The largest absolute Gasteiger partial charge is 0.491 e. The van der Waals surface area contributed by atoms with Gasteiger partial charge in [-0.05, 0) is 25.1 Å². The molecule has 0 aromatic heterocycles. The number of carbonyl (C=O) groups is 1. The summed E-state index contributed by atoms with van der Waals surface area (Å²) >= 11 is 0. The number of rotatable bonds is 7. The maximum absolute atomic E-state index is 11.0. The van der Waals surface area contributed by atoms with Crippen molar-refractivity contribution in [3.05, 3.63) is 29.8 Å². The molecule has 0 radical (unpaired) electrons. The Morgan fingerprint density at radius 3 is 2.67 bits per heavy atom. The smallest absolute Gasteiger partial charge is 0.339 e. The third kappa shape index (κ3) is 4.75. The van der Waals surface area contributed by atoms with E-state index in [1.165, 1.54) is 0 Å². The number of para-hydroxylation sites is 1. The van der Waals surface area contributed by atoms with Gasteiger partial charge in [0.2, 0.25) is 0 Å². The summed E-state index contributed by atoms with van der Waals surface area (Å²) < 4.78 is 5.53. The standard InChI is InChI=1S/C14H21NO3/c1-11(2)10-15(3)8-9-18-13-7-5-4-6-12(13)14(16)17/h4-7,11H,8-10H2,1-3H3,(H,16,17). The molecule has 0 aliphatic rings. The molecule has 0 bridgehead atoms. The van der Waals surface area contributed by atoms with Crippen LogP contribution in [0.1, 0.15) is 24.2 Å². The van der Waals surface area contributed by atoms with Gasteiger partial charge >= 0.3 is 5.97 Å². The Morgan fingerprint density at radius 2 is 2.06 bits per heavy atom. The van der Waals surface area contributed by atoms with Crippen molar-refractivity contribution < 1.29 is 14.6 Å². The fourth-order valence-electron chi connectivity index (χ4n) is 1.80. The van der Waals surface area contributed by atoms with Gasteiger partial charge in [-0.2, -0.15) is 0 Å². The van der Waals surface area contributed by atoms with Crippen LogP contribution >= 0.6 is 0 Å². The average molecular weight is 251 g/mol. The summed E-state index contributed by atoms with van der Waals surface area (Å²) in [6.07, 6.45) is 0. The van der Waals surface area contributed by atoms with Crippen LogP contribution in [0.15, 0.2) is 24.3 Å². The van der Waals surface area contributed by atoms with E-state index in [1.54, 1.807) is 24.3 Å². The summed E-state index contributed by atoms with van der Waals surface area (Å²) in [7, 11) is 2.03. The van der Waals surface area contributed by atoms with E-state index < -0.39 is 5.97 Å². The topological polar surface area (TPSA) is 49.8 Å². The molecule has 1 rings (SSSR count). The van der Waals surface area contributed by atoms with E-state index in [4.69, 9.17) is 9.84 Å². The van der Waals surface area contributed by atoms with Gasteiger partial charge in [-0.3, -0.25) is 0 Å². The lowest BCUT2D eigenvalue weighted by molar-refractivity contribution is 0.0691. The van der Waals surface area contributed by atoms with Gasteiger partial charge < -0.3 is 14.7 Å². The lowest BCUT2D eigenvalue weighted by atomic mass is 10.2. The Morgan fingerprint density at radius 1 is 1.39 bits per heavy atom. The highest BCUT2D eigenvalue weighted by Gasteiger charge is 2.10. The molecule has 1 aromatic carbocycles. The molecule has 0 heterocycles. The van der Waals surface area contributed by atoms with E-state index in [1.807, 2.05) is 7.05 Å². The van der Waals surface area contributed by atoms with E-state index in [0.717, 1.165) is 13.1 Å². The lowest BCUT2D eigenvalue weighted by Gasteiger charge is -2.19. The minimum Gasteiger partial charge on any atom is -0.491 e. The Bertz CT molecular complexity index is 390. The van der Waals surface area contributed by atoms with E-state index in [9.17, 15) is 4.79 Å². The van der Waals surface area contributed by atoms with Crippen molar-refractivity contribution in [2.24, 2.45) is 5.92 Å². The second-order valence-electron chi connectivity index (χ2n) is 4.81. The number of likely N-dealkylation sites (N-methyl/N-ethyl adjacent to an activating group) is 1. The Labute approximate surface area is 108 Å². The molecule has 100 valence electrons. The first kappa shape index (κ1) is 14.5. The van der Waals surface area contributed by atoms with Crippen LogP contribution in [0.2, 0.25) is 0 Å². The first-order valence-corrected chi connectivity index (χ1v) is 6.14. The summed E-state index contributed by atoms with van der Waals surface area (Å²) in [5.41, 5.74) is 0.212. The molecule has 0 aliphatic carbocycles. The highest BCUT2D eigenvalue weighted by atomic mass is 16.5. The molecule has 0 saturated carbocycles. The van der Waals surface area contributed by atoms with Crippen LogP contribution in [0.5, 0.6) is 5.75 Å². The highest BCUT2D eigenvalue weighted by Crippen LogP contribution is 2.17. The van der Waals surface area contributed by atoms with Crippen molar-refractivity contribution in [2.45, 2.75) is 13.8 Å². The molecule has 4 nitrogen and oxygen atoms in total. The van der Waals surface area contributed by atoms with Crippen LogP contribution in [0.25, 0.3) is 0 Å². The molecule has 0 amide bonds. The van der Waals surface area contributed by atoms with Gasteiger partial charge in [0.05, 0.1) is 0 Å². The number of nitrogens with zero attached hydrogens (tertiary/aromatic N) is 1. The Balaban J connectivity index is 2.46. The van der Waals surface area contributed by atoms with Crippen molar-refractivity contribution in [1.29, 1.82) is 0 Å². The van der Waals surface area contributed by atoms with Gasteiger partial charge in [-0.15, -0.1) is 0 Å². The number of hydrogen-bond acceptors (Lipinski definition) is 3. The van der Waals surface area contributed by atoms with E-state index >= 15 is 0 Å². The number of ether oxygens (including phenoxy) is 1. The highest BCUT2D eigenvalue weighted by molar-refractivity contribution is 5.90. The first-order valence-electron chi connectivity index (χ1n) is 6.14. The van der Waals surface area contributed by atoms with Crippen molar-refractivity contribution in [3.8, 4) is 5.75 Å². The molecule has 0 saturated heterocycles. The van der Waals surface area contributed by atoms with Gasteiger partial charge in [0.15, 0.2) is 0 Å². The molecule has 0 atom stereocenters. The summed E-state index contributed by atoms with van der Waals surface area (Å²) in [5, 5.41) is 9.00. The second-order valence-corrected chi connectivity index (χ2v) is 4.81. The summed E-state index contributed by atoms with van der Waals surface area (Å²) in [6, 6.07) is 6.71. The summed E-state index contributed by atoms with van der Waals surface area (Å²) in [4.78, 5) is 13.1. The van der Waals surface area contributed by atoms with Crippen molar-refractivity contribution in [1.82, 2.24) is 4.90 Å². The second kappa shape index (κ2) is 7.01. The van der Waals surface area contributed by atoms with Crippen LogP contribution in [0, 0.1) is 5.92 Å². The zero-order chi connectivity index (χ0) is 13.5. The van der Waals surface area contributed by atoms with E-state index in [0.29, 0.717) is 18.3 Å². The van der Waals surface area contributed by atoms with Crippen molar-refractivity contribution >= 4 is 5.97 Å². The quantitative estimate of drug-likeness (QED) is 0.808. The molecule has 1 aromatic rings. The summed E-state index contributed by atoms with van der Waals surface area (Å²) in [5.74, 6) is 0.0883. The SMILES string of the molecule is CC(C)CN(C)CCOc1ccccc1C(=O)O. The van der Waals surface area contributed by atoms with Crippen LogP contribution < -0.4 is 4.74 Å². The molecule has 18 heavy (non-hydrogen) atoms. The number of benzene rings is 1. The number of carboxylic acids is 1. The molecule has 4 heteroatoms. The van der Waals surface area contributed by atoms with Crippen LogP contribution in [0.4, 0.5) is 0 Å². The van der Waals surface area contributed by atoms with Gasteiger partial charge in [-0.25, -0.2) is 4.79 Å². The molecular formula is C14H21NO3. The lowest BCUT2D eigenvalue weighted by Crippen LogP contribution is -2.28. The number of hydrogen-bond donors (Lipinski definition) is 1. The third-order valence-electron chi connectivity index (χ3n) is 2.52. The zero-order valence-electron chi connectivity index (χ0n) is 11.2. The monoisotopic (exact) mass is 251 g/mol. The molecule has 0 fully saturated rings. The van der Waals surface area contributed by atoms with Crippen LogP contribution in [-0.4, -0.2) is 42.7 Å².